The fraction of sp³-hybridized carbons (Fsp3) is 0.889. The van der Waals surface area contributed by atoms with Crippen LogP contribution in [-0.2, 0) is 4.74 Å². The molecular weight excluding hydrogens is 214 g/mol. The molecule has 1 rings (SSSR count). The van der Waals surface area contributed by atoms with E-state index >= 15 is 0 Å². The third-order valence-electron chi connectivity index (χ3n) is 1.83. The van der Waals surface area contributed by atoms with E-state index < -0.39 is 5.60 Å². The first kappa shape index (κ1) is 12.6. The summed E-state index contributed by atoms with van der Waals surface area (Å²) in [5, 5.41) is 0.449. The first-order valence-corrected chi connectivity index (χ1v) is 5.85. The van der Waals surface area contributed by atoms with E-state index in [0.29, 0.717) is 5.25 Å². The summed E-state index contributed by atoms with van der Waals surface area (Å²) in [7, 11) is 1.82. The summed E-state index contributed by atoms with van der Waals surface area (Å²) in [6.45, 7) is 7.11. The summed E-state index contributed by atoms with van der Waals surface area (Å²) in [6, 6.07) is 0. The number of nitrogens with one attached hydrogen (secondary N) is 2. The molecule has 0 spiro atoms. The second-order valence-corrected chi connectivity index (χ2v) is 5.58. The summed E-state index contributed by atoms with van der Waals surface area (Å²) in [5.41, 5.74) is 2.42. The van der Waals surface area contributed by atoms with Crippen molar-refractivity contribution in [1.82, 2.24) is 15.2 Å². The Hall–Kier alpha value is -0.460. The van der Waals surface area contributed by atoms with Crippen molar-refractivity contribution >= 4 is 18.0 Å². The average Bonchev–Trinajstić information content (AvgIpc) is 1.98. The Labute approximate surface area is 95.0 Å². The molecular formula is C9H19N3O2S. The minimum absolute atomic E-state index is 0.219. The van der Waals surface area contributed by atoms with E-state index in [1.165, 1.54) is 0 Å². The van der Waals surface area contributed by atoms with Crippen molar-refractivity contribution in [3.8, 4) is 0 Å². The van der Waals surface area contributed by atoms with Gasteiger partial charge in [-0.2, -0.15) is 0 Å². The first-order chi connectivity index (χ1) is 6.92. The molecule has 0 aromatic carbocycles. The molecule has 0 aromatic rings. The minimum Gasteiger partial charge on any atom is -0.444 e. The molecule has 0 aliphatic carbocycles. The summed E-state index contributed by atoms with van der Waals surface area (Å²) in [6.07, 6.45) is -0.219. The van der Waals surface area contributed by atoms with Crippen LogP contribution in [0.15, 0.2) is 0 Å². The van der Waals surface area contributed by atoms with Gasteiger partial charge in [-0.3, -0.25) is 5.43 Å². The van der Waals surface area contributed by atoms with E-state index in [0.717, 1.165) is 13.1 Å². The van der Waals surface area contributed by atoms with E-state index in [2.05, 4.69) is 10.3 Å². The second-order valence-electron chi connectivity index (χ2n) is 4.48. The summed E-state index contributed by atoms with van der Waals surface area (Å²) < 4.78 is 5.24. The molecule has 0 unspecified atom stereocenters. The van der Waals surface area contributed by atoms with E-state index in [9.17, 15) is 4.79 Å². The highest BCUT2D eigenvalue weighted by molar-refractivity contribution is 7.98. The zero-order valence-corrected chi connectivity index (χ0v) is 10.5. The number of amides is 1. The predicted octanol–water partition coefficient (Wildman–Crippen LogP) is 0.978. The Morgan fingerprint density at radius 2 is 2.07 bits per heavy atom. The molecule has 1 aliphatic rings. The lowest BCUT2D eigenvalue weighted by Crippen LogP contribution is -2.54. The van der Waals surface area contributed by atoms with Crippen LogP contribution in [0.25, 0.3) is 0 Å². The summed E-state index contributed by atoms with van der Waals surface area (Å²) in [5.74, 6) is 0. The van der Waals surface area contributed by atoms with Gasteiger partial charge >= 0.3 is 6.09 Å². The van der Waals surface area contributed by atoms with Crippen LogP contribution in [-0.4, -0.2) is 42.0 Å². The SMILES string of the molecule is CNNSC1CN(C(=O)OC(C)(C)C)C1. The fourth-order valence-corrected chi connectivity index (χ4v) is 1.92. The molecule has 15 heavy (non-hydrogen) atoms. The van der Waals surface area contributed by atoms with Crippen molar-refractivity contribution in [2.45, 2.75) is 31.6 Å². The van der Waals surface area contributed by atoms with E-state index in [1.807, 2.05) is 27.8 Å². The molecule has 88 valence electrons. The fourth-order valence-electron chi connectivity index (χ4n) is 1.13. The van der Waals surface area contributed by atoms with E-state index in [1.54, 1.807) is 16.8 Å². The first-order valence-electron chi connectivity index (χ1n) is 4.97. The van der Waals surface area contributed by atoms with Gasteiger partial charge in [0.25, 0.3) is 0 Å². The Kier molecular flexibility index (Phi) is 4.24. The van der Waals surface area contributed by atoms with Crippen LogP contribution in [0.2, 0.25) is 0 Å². The van der Waals surface area contributed by atoms with Crippen LogP contribution in [0.4, 0.5) is 4.79 Å². The lowest BCUT2D eigenvalue weighted by molar-refractivity contribution is 0.0143. The molecule has 0 radical (unpaired) electrons. The molecule has 0 saturated carbocycles. The molecule has 6 heteroatoms. The third kappa shape index (κ3) is 4.27. The normalized spacial score (nSPS) is 17.5. The van der Waals surface area contributed by atoms with Crippen molar-refractivity contribution in [1.29, 1.82) is 0 Å². The number of carbonyl (C=O) groups excluding carboxylic acids is 1. The predicted molar refractivity (Wildman–Crippen MR) is 61.4 cm³/mol. The van der Waals surface area contributed by atoms with Crippen LogP contribution in [0.1, 0.15) is 20.8 Å². The molecule has 1 fully saturated rings. The van der Waals surface area contributed by atoms with Crippen LogP contribution in [0.5, 0.6) is 0 Å². The highest BCUT2D eigenvalue weighted by Gasteiger charge is 2.33. The van der Waals surface area contributed by atoms with Crippen molar-refractivity contribution in [2.24, 2.45) is 0 Å². The Balaban J connectivity index is 2.18. The monoisotopic (exact) mass is 233 g/mol. The lowest BCUT2D eigenvalue weighted by atomic mass is 10.2. The summed E-state index contributed by atoms with van der Waals surface area (Å²) >= 11 is 1.59. The number of hydrogen-bond acceptors (Lipinski definition) is 5. The molecule has 0 aromatic heterocycles. The maximum absolute atomic E-state index is 11.5. The van der Waals surface area contributed by atoms with Gasteiger partial charge in [-0.25, -0.2) is 9.63 Å². The van der Waals surface area contributed by atoms with Crippen LogP contribution < -0.4 is 10.3 Å². The molecule has 1 saturated heterocycles. The van der Waals surface area contributed by atoms with Gasteiger partial charge in [-0.1, -0.05) is 11.9 Å². The maximum Gasteiger partial charge on any atom is 0.410 e. The molecule has 2 N–H and O–H groups in total. The number of hydrogen-bond donors (Lipinski definition) is 2. The molecule has 1 aliphatic heterocycles. The topological polar surface area (TPSA) is 53.6 Å². The van der Waals surface area contributed by atoms with Gasteiger partial charge in [-0.15, -0.1) is 0 Å². The molecule has 1 heterocycles. The van der Waals surface area contributed by atoms with Crippen molar-refractivity contribution in [3.05, 3.63) is 0 Å². The van der Waals surface area contributed by atoms with Crippen molar-refractivity contribution < 1.29 is 9.53 Å². The number of rotatable bonds is 3. The standard InChI is InChI=1S/C9H19N3O2S/c1-9(2,3)14-8(13)12-5-7(6-12)15-11-10-4/h7,10-11H,5-6H2,1-4H3. The Morgan fingerprint density at radius 3 is 2.53 bits per heavy atom. The Morgan fingerprint density at radius 1 is 1.47 bits per heavy atom. The van der Waals surface area contributed by atoms with Gasteiger partial charge < -0.3 is 9.64 Å². The largest absolute Gasteiger partial charge is 0.444 e. The van der Waals surface area contributed by atoms with Crippen LogP contribution in [0.3, 0.4) is 0 Å². The minimum atomic E-state index is -0.404. The quantitative estimate of drug-likeness (QED) is 0.562. The van der Waals surface area contributed by atoms with Gasteiger partial charge in [0.1, 0.15) is 5.60 Å². The smallest absolute Gasteiger partial charge is 0.410 e. The number of ether oxygens (including phenoxy) is 1. The third-order valence-corrected chi connectivity index (χ3v) is 2.78. The number of nitrogens with zero attached hydrogens (tertiary/aromatic N) is 1. The Bertz CT molecular complexity index is 224. The van der Waals surface area contributed by atoms with E-state index in [-0.39, 0.29) is 6.09 Å². The highest BCUT2D eigenvalue weighted by atomic mass is 32.2. The molecule has 0 atom stereocenters. The number of likely N-dealkylation sites (tertiary alicyclic amines) is 1. The molecule has 5 nitrogen and oxygen atoms in total. The zero-order chi connectivity index (χ0) is 11.5. The number of hydrazine groups is 1. The van der Waals surface area contributed by atoms with E-state index in [4.69, 9.17) is 4.74 Å². The molecule has 1 amide bonds. The maximum atomic E-state index is 11.5. The van der Waals surface area contributed by atoms with Gasteiger partial charge in [0.15, 0.2) is 0 Å². The van der Waals surface area contributed by atoms with Gasteiger partial charge in [0.05, 0.1) is 5.25 Å². The number of carbonyl (C=O) groups is 1. The van der Waals surface area contributed by atoms with Crippen molar-refractivity contribution in [3.63, 3.8) is 0 Å². The summed E-state index contributed by atoms with van der Waals surface area (Å²) in [4.78, 5) is 16.2. The van der Waals surface area contributed by atoms with Gasteiger partial charge in [-0.05, 0) is 27.8 Å². The van der Waals surface area contributed by atoms with Gasteiger partial charge in [0, 0.05) is 13.1 Å². The van der Waals surface area contributed by atoms with Crippen LogP contribution >= 0.6 is 11.9 Å². The second kappa shape index (κ2) is 5.05. The zero-order valence-electron chi connectivity index (χ0n) is 9.66. The average molecular weight is 233 g/mol. The van der Waals surface area contributed by atoms with Crippen LogP contribution in [0, 0.1) is 0 Å². The highest BCUT2D eigenvalue weighted by Crippen LogP contribution is 2.21. The van der Waals surface area contributed by atoms with Gasteiger partial charge in [0.2, 0.25) is 0 Å². The lowest BCUT2D eigenvalue weighted by Gasteiger charge is -2.39. The molecule has 0 bridgehead atoms. The van der Waals surface area contributed by atoms with Crippen molar-refractivity contribution in [2.75, 3.05) is 20.1 Å².